The normalized spacial score (nSPS) is 13.7. The van der Waals surface area contributed by atoms with Crippen LogP contribution >= 0.6 is 12.6 Å². The molecular formula is C15H28N6O6S. The molecule has 12 nitrogen and oxygen atoms in total. The SMILES string of the molecule is NCCCCC(N)C(=O)NC(CC(N)=O)C(=O)NCC(=O)NC(CS)C(=O)O. The summed E-state index contributed by atoms with van der Waals surface area (Å²) in [6.45, 7) is -0.108. The lowest BCUT2D eigenvalue weighted by Gasteiger charge is -2.20. The van der Waals surface area contributed by atoms with E-state index in [1.807, 2.05) is 0 Å². The average molecular weight is 420 g/mol. The van der Waals surface area contributed by atoms with Gasteiger partial charge in [-0.2, -0.15) is 12.6 Å². The Balaban J connectivity index is 4.72. The van der Waals surface area contributed by atoms with E-state index in [9.17, 15) is 24.0 Å². The number of thiol groups is 1. The van der Waals surface area contributed by atoms with E-state index in [0.717, 1.165) is 0 Å². The van der Waals surface area contributed by atoms with Crippen LogP contribution in [-0.4, -0.2) is 71.7 Å². The van der Waals surface area contributed by atoms with Crippen molar-refractivity contribution in [3.63, 3.8) is 0 Å². The van der Waals surface area contributed by atoms with Crippen LogP contribution in [-0.2, 0) is 24.0 Å². The maximum atomic E-state index is 12.2. The summed E-state index contributed by atoms with van der Waals surface area (Å²) in [5.74, 6) is -4.53. The standard InChI is InChI=1S/C15H28N6O6S/c16-4-2-1-3-8(17)13(24)21-9(5-11(18)22)14(25)19-6-12(23)20-10(7-28)15(26)27/h8-10,28H,1-7,16-17H2,(H2,18,22)(H,19,25)(H,20,23)(H,21,24)(H,26,27). The minimum atomic E-state index is -1.32. The molecule has 0 saturated carbocycles. The Morgan fingerprint density at radius 1 is 1.00 bits per heavy atom. The predicted octanol–water partition coefficient (Wildman–Crippen LogP) is -3.58. The Bertz CT molecular complexity index is 575. The van der Waals surface area contributed by atoms with Gasteiger partial charge in [-0.1, -0.05) is 6.42 Å². The maximum Gasteiger partial charge on any atom is 0.327 e. The van der Waals surface area contributed by atoms with Gasteiger partial charge in [0, 0.05) is 5.75 Å². The summed E-state index contributed by atoms with van der Waals surface area (Å²) in [4.78, 5) is 58.0. The molecule has 0 radical (unpaired) electrons. The molecule has 3 unspecified atom stereocenters. The van der Waals surface area contributed by atoms with Crippen molar-refractivity contribution in [1.82, 2.24) is 16.0 Å². The highest BCUT2D eigenvalue weighted by Gasteiger charge is 2.26. The molecule has 3 atom stereocenters. The van der Waals surface area contributed by atoms with Crippen molar-refractivity contribution in [3.05, 3.63) is 0 Å². The molecule has 0 aliphatic rings. The molecule has 28 heavy (non-hydrogen) atoms. The Hall–Kier alpha value is -2.38. The van der Waals surface area contributed by atoms with Crippen molar-refractivity contribution in [2.45, 2.75) is 43.8 Å². The van der Waals surface area contributed by atoms with Crippen molar-refractivity contribution >= 4 is 42.2 Å². The molecule has 0 bridgehead atoms. The molecule has 10 N–H and O–H groups in total. The molecule has 0 aromatic heterocycles. The molecule has 13 heteroatoms. The molecule has 0 aromatic carbocycles. The van der Waals surface area contributed by atoms with E-state index in [1.165, 1.54) is 0 Å². The summed E-state index contributed by atoms with van der Waals surface area (Å²) in [7, 11) is 0. The first kappa shape index (κ1) is 25.6. The van der Waals surface area contributed by atoms with Gasteiger partial charge in [0.1, 0.15) is 12.1 Å². The van der Waals surface area contributed by atoms with Crippen molar-refractivity contribution in [1.29, 1.82) is 0 Å². The molecule has 0 saturated heterocycles. The molecule has 0 fully saturated rings. The summed E-state index contributed by atoms with van der Waals surface area (Å²) in [5.41, 5.74) is 16.2. The largest absolute Gasteiger partial charge is 0.480 e. The van der Waals surface area contributed by atoms with E-state index >= 15 is 0 Å². The van der Waals surface area contributed by atoms with Gasteiger partial charge in [-0.05, 0) is 19.4 Å². The quantitative estimate of drug-likeness (QED) is 0.103. The van der Waals surface area contributed by atoms with Crippen LogP contribution in [0.15, 0.2) is 0 Å². The van der Waals surface area contributed by atoms with Gasteiger partial charge in [-0.15, -0.1) is 0 Å². The minimum Gasteiger partial charge on any atom is -0.480 e. The Morgan fingerprint density at radius 2 is 1.64 bits per heavy atom. The second-order valence-electron chi connectivity index (χ2n) is 5.98. The first-order chi connectivity index (χ1) is 13.1. The first-order valence-electron chi connectivity index (χ1n) is 8.57. The molecule has 4 amide bonds. The van der Waals surface area contributed by atoms with E-state index < -0.39 is 60.7 Å². The third kappa shape index (κ3) is 10.7. The van der Waals surface area contributed by atoms with Crippen LogP contribution < -0.4 is 33.2 Å². The van der Waals surface area contributed by atoms with Crippen LogP contribution in [0.5, 0.6) is 0 Å². The smallest absolute Gasteiger partial charge is 0.327 e. The van der Waals surface area contributed by atoms with Crippen LogP contribution in [0.2, 0.25) is 0 Å². The summed E-state index contributed by atoms with van der Waals surface area (Å²) in [5, 5.41) is 15.5. The van der Waals surface area contributed by atoms with Crippen LogP contribution in [0.25, 0.3) is 0 Å². The second kappa shape index (κ2) is 13.7. The third-order valence-electron chi connectivity index (χ3n) is 3.58. The number of nitrogens with two attached hydrogens (primary N) is 3. The fraction of sp³-hybridized carbons (Fsp3) is 0.667. The molecule has 0 aliphatic heterocycles. The van der Waals surface area contributed by atoms with Gasteiger partial charge in [0.15, 0.2) is 0 Å². The highest BCUT2D eigenvalue weighted by atomic mass is 32.1. The summed E-state index contributed by atoms with van der Waals surface area (Å²) >= 11 is 3.80. The topological polar surface area (TPSA) is 220 Å². The molecular weight excluding hydrogens is 392 g/mol. The number of nitrogens with one attached hydrogen (secondary N) is 3. The fourth-order valence-corrected chi connectivity index (χ4v) is 2.30. The number of carboxylic acid groups (broad SMARTS) is 1. The second-order valence-corrected chi connectivity index (χ2v) is 6.35. The molecule has 0 spiro atoms. The molecule has 0 rings (SSSR count). The summed E-state index contributed by atoms with van der Waals surface area (Å²) in [6, 6.07) is -3.44. The van der Waals surface area contributed by atoms with Crippen molar-refractivity contribution in [3.8, 4) is 0 Å². The zero-order valence-corrected chi connectivity index (χ0v) is 16.2. The lowest BCUT2D eigenvalue weighted by molar-refractivity contribution is -0.141. The highest BCUT2D eigenvalue weighted by Crippen LogP contribution is 2.00. The van der Waals surface area contributed by atoms with E-state index in [4.69, 9.17) is 22.3 Å². The number of hydrogen-bond donors (Lipinski definition) is 8. The van der Waals surface area contributed by atoms with Crippen molar-refractivity contribution in [2.75, 3.05) is 18.8 Å². The number of rotatable bonds is 14. The van der Waals surface area contributed by atoms with Crippen molar-refractivity contribution in [2.24, 2.45) is 17.2 Å². The minimum absolute atomic E-state index is 0.141. The molecule has 0 heterocycles. The Kier molecular flexibility index (Phi) is 12.6. The van der Waals surface area contributed by atoms with Gasteiger partial charge < -0.3 is 38.3 Å². The lowest BCUT2D eigenvalue weighted by Crippen LogP contribution is -2.54. The predicted molar refractivity (Wildman–Crippen MR) is 103 cm³/mol. The number of unbranched alkanes of at least 4 members (excludes halogenated alkanes) is 1. The number of amides is 4. The molecule has 160 valence electrons. The van der Waals surface area contributed by atoms with Gasteiger partial charge in [0.25, 0.3) is 0 Å². The van der Waals surface area contributed by atoms with Crippen LogP contribution in [0.4, 0.5) is 0 Å². The van der Waals surface area contributed by atoms with E-state index in [2.05, 4.69) is 28.6 Å². The maximum absolute atomic E-state index is 12.2. The van der Waals surface area contributed by atoms with Gasteiger partial charge in [0.2, 0.25) is 23.6 Å². The average Bonchev–Trinajstić information content (AvgIpc) is 2.62. The molecule has 0 aliphatic carbocycles. The number of carbonyl (C=O) groups is 5. The highest BCUT2D eigenvalue weighted by molar-refractivity contribution is 7.80. The van der Waals surface area contributed by atoms with Gasteiger partial charge in [0.05, 0.1) is 19.0 Å². The van der Waals surface area contributed by atoms with Crippen LogP contribution in [0, 0.1) is 0 Å². The summed E-state index contributed by atoms with van der Waals surface area (Å²) in [6.07, 6.45) is 1.15. The van der Waals surface area contributed by atoms with E-state index in [-0.39, 0.29) is 5.75 Å². The van der Waals surface area contributed by atoms with Crippen molar-refractivity contribution < 1.29 is 29.1 Å². The monoisotopic (exact) mass is 420 g/mol. The third-order valence-corrected chi connectivity index (χ3v) is 3.95. The zero-order valence-electron chi connectivity index (χ0n) is 15.3. The number of carboxylic acids is 1. The van der Waals surface area contributed by atoms with Crippen LogP contribution in [0.1, 0.15) is 25.7 Å². The van der Waals surface area contributed by atoms with Crippen LogP contribution in [0.3, 0.4) is 0 Å². The Labute approximate surface area is 167 Å². The number of hydrogen-bond acceptors (Lipinski definition) is 8. The fourth-order valence-electron chi connectivity index (χ4n) is 2.05. The summed E-state index contributed by atoms with van der Waals surface area (Å²) < 4.78 is 0. The van der Waals surface area contributed by atoms with Gasteiger partial charge >= 0.3 is 5.97 Å². The number of carbonyl (C=O) groups excluding carboxylic acids is 4. The van der Waals surface area contributed by atoms with Gasteiger partial charge in [-0.25, -0.2) is 4.79 Å². The lowest BCUT2D eigenvalue weighted by atomic mass is 10.1. The number of aliphatic carboxylic acids is 1. The first-order valence-corrected chi connectivity index (χ1v) is 9.20. The molecule has 0 aromatic rings. The Morgan fingerprint density at radius 3 is 2.14 bits per heavy atom. The van der Waals surface area contributed by atoms with E-state index in [1.54, 1.807) is 0 Å². The zero-order chi connectivity index (χ0) is 21.7. The number of primary amides is 1. The van der Waals surface area contributed by atoms with Gasteiger partial charge in [-0.3, -0.25) is 19.2 Å². The van der Waals surface area contributed by atoms with E-state index in [0.29, 0.717) is 25.8 Å².